The average Bonchev–Trinajstić information content (AvgIpc) is 2.94. The fraction of sp³-hybridized carbons (Fsp3) is 0.111. The minimum atomic E-state index is 0.363. The van der Waals surface area contributed by atoms with Crippen molar-refractivity contribution in [2.24, 2.45) is 0 Å². The summed E-state index contributed by atoms with van der Waals surface area (Å²) in [5, 5.41) is 13.0. The summed E-state index contributed by atoms with van der Waals surface area (Å²) in [4.78, 5) is 0. The zero-order valence-corrected chi connectivity index (χ0v) is 17.9. The number of halogens is 4. The highest BCUT2D eigenvalue weighted by atomic mass is 35.5. The Morgan fingerprint density at radius 2 is 1.78 bits per heavy atom. The molecule has 0 amide bonds. The van der Waals surface area contributed by atoms with Crippen molar-refractivity contribution < 1.29 is 0 Å². The Balaban J connectivity index is 1.69. The van der Waals surface area contributed by atoms with Gasteiger partial charge in [0.2, 0.25) is 0 Å². The molecule has 2 N–H and O–H groups in total. The number of rotatable bonds is 4. The summed E-state index contributed by atoms with van der Waals surface area (Å²) >= 11 is 29.7. The van der Waals surface area contributed by atoms with E-state index >= 15 is 0 Å². The molecule has 0 fully saturated rings. The molecule has 140 valence electrons. The fourth-order valence-electron chi connectivity index (χ4n) is 2.39. The Hall–Kier alpha value is -1.50. The molecule has 1 heterocycles. The van der Waals surface area contributed by atoms with Crippen LogP contribution in [-0.4, -0.2) is 14.9 Å². The summed E-state index contributed by atoms with van der Waals surface area (Å²) in [5.74, 6) is 0.453. The van der Waals surface area contributed by atoms with E-state index < -0.39 is 0 Å². The van der Waals surface area contributed by atoms with Gasteiger partial charge in [0.15, 0.2) is 10.9 Å². The van der Waals surface area contributed by atoms with Gasteiger partial charge in [-0.25, -0.2) is 0 Å². The van der Waals surface area contributed by atoms with Gasteiger partial charge in [-0.2, -0.15) is 5.10 Å². The third-order valence-corrected chi connectivity index (χ3v) is 5.42. The molecule has 9 heteroatoms. The summed E-state index contributed by atoms with van der Waals surface area (Å²) in [6.45, 7) is 2.40. The number of thiocarbonyl (C=S) groups is 1. The maximum atomic E-state index is 6.27. The number of nitrogens with one attached hydrogen (secondary N) is 2. The Bertz CT molecular complexity index is 1000. The number of benzene rings is 2. The minimum absolute atomic E-state index is 0.363. The van der Waals surface area contributed by atoms with E-state index in [0.29, 0.717) is 37.6 Å². The zero-order chi connectivity index (χ0) is 19.6. The molecule has 0 bridgehead atoms. The van der Waals surface area contributed by atoms with Crippen LogP contribution in [0.5, 0.6) is 0 Å². The van der Waals surface area contributed by atoms with Crippen LogP contribution in [0.2, 0.25) is 20.1 Å². The van der Waals surface area contributed by atoms with Gasteiger partial charge in [-0.05, 0) is 54.5 Å². The monoisotopic (exact) mass is 458 g/mol. The van der Waals surface area contributed by atoms with Crippen molar-refractivity contribution in [1.29, 1.82) is 0 Å². The van der Waals surface area contributed by atoms with E-state index in [1.54, 1.807) is 23.0 Å². The maximum Gasteiger partial charge on any atom is 0.176 e. The topological polar surface area (TPSA) is 41.9 Å². The van der Waals surface area contributed by atoms with Gasteiger partial charge in [-0.15, -0.1) is 0 Å². The minimum Gasteiger partial charge on any atom is -0.332 e. The molecule has 0 unspecified atom stereocenters. The Morgan fingerprint density at radius 3 is 2.52 bits per heavy atom. The molecule has 0 aliphatic rings. The van der Waals surface area contributed by atoms with Crippen molar-refractivity contribution >= 4 is 75.2 Å². The normalized spacial score (nSPS) is 10.7. The van der Waals surface area contributed by atoms with Crippen LogP contribution >= 0.6 is 58.6 Å². The highest BCUT2D eigenvalue weighted by molar-refractivity contribution is 7.80. The molecule has 27 heavy (non-hydrogen) atoms. The first-order chi connectivity index (χ1) is 12.8. The molecule has 1 aromatic heterocycles. The number of hydrogen-bond acceptors (Lipinski definition) is 2. The van der Waals surface area contributed by atoms with Crippen molar-refractivity contribution in [3.8, 4) is 0 Å². The van der Waals surface area contributed by atoms with Crippen molar-refractivity contribution in [2.45, 2.75) is 13.5 Å². The Labute approximate surface area is 182 Å². The van der Waals surface area contributed by atoms with Crippen LogP contribution in [0.25, 0.3) is 0 Å². The third-order valence-electron chi connectivity index (χ3n) is 3.79. The fourth-order valence-corrected chi connectivity index (χ4v) is 3.29. The molecule has 4 nitrogen and oxygen atoms in total. The van der Waals surface area contributed by atoms with Gasteiger partial charge < -0.3 is 10.6 Å². The van der Waals surface area contributed by atoms with Crippen LogP contribution < -0.4 is 10.6 Å². The molecular weight excluding hydrogens is 446 g/mol. The standard InChI is InChI=1S/C18H14Cl4N4S/c1-10-12(19)3-2-4-16(10)23-18(27)24-17-15(22)9-26(25-17)8-11-5-6-13(20)14(21)7-11/h2-7,9H,8H2,1H3,(H2,23,24,25,27). The van der Waals surface area contributed by atoms with Gasteiger partial charge in [0, 0.05) is 16.9 Å². The van der Waals surface area contributed by atoms with E-state index in [-0.39, 0.29) is 0 Å². The third kappa shape index (κ3) is 5.06. The van der Waals surface area contributed by atoms with Gasteiger partial charge >= 0.3 is 0 Å². The summed E-state index contributed by atoms with van der Waals surface area (Å²) in [6.07, 6.45) is 1.71. The molecule has 2 aromatic carbocycles. The van der Waals surface area contributed by atoms with Crippen LogP contribution in [0.3, 0.4) is 0 Å². The molecule has 0 atom stereocenters. The van der Waals surface area contributed by atoms with E-state index in [9.17, 15) is 0 Å². The molecule has 0 aliphatic carbocycles. The van der Waals surface area contributed by atoms with E-state index in [4.69, 9.17) is 58.6 Å². The number of aromatic nitrogens is 2. The quantitative estimate of drug-likeness (QED) is 0.428. The molecule has 3 aromatic rings. The molecule has 0 aliphatic heterocycles. The van der Waals surface area contributed by atoms with Crippen molar-refractivity contribution in [1.82, 2.24) is 9.78 Å². The lowest BCUT2D eigenvalue weighted by molar-refractivity contribution is 0.690. The average molecular weight is 460 g/mol. The van der Waals surface area contributed by atoms with Crippen molar-refractivity contribution in [3.05, 3.63) is 73.8 Å². The van der Waals surface area contributed by atoms with Crippen LogP contribution in [-0.2, 0) is 6.54 Å². The molecule has 3 rings (SSSR count). The highest BCUT2D eigenvalue weighted by Gasteiger charge is 2.11. The number of hydrogen-bond donors (Lipinski definition) is 2. The first-order valence-corrected chi connectivity index (χ1v) is 9.75. The summed E-state index contributed by atoms with van der Waals surface area (Å²) < 4.78 is 1.69. The lowest BCUT2D eigenvalue weighted by atomic mass is 10.2. The second-order valence-corrected chi connectivity index (χ2v) is 7.80. The van der Waals surface area contributed by atoms with Crippen LogP contribution in [0.4, 0.5) is 11.5 Å². The SMILES string of the molecule is Cc1c(Cl)cccc1NC(=S)Nc1nn(Cc2ccc(Cl)c(Cl)c2)cc1Cl. The first-order valence-electron chi connectivity index (χ1n) is 7.83. The second kappa shape index (κ2) is 8.67. The Kier molecular flexibility index (Phi) is 6.50. The lowest BCUT2D eigenvalue weighted by Crippen LogP contribution is -2.20. The molecule has 0 saturated heterocycles. The predicted molar refractivity (Wildman–Crippen MR) is 119 cm³/mol. The largest absolute Gasteiger partial charge is 0.332 e. The van der Waals surface area contributed by atoms with E-state index in [1.165, 1.54) is 0 Å². The molecule has 0 spiro atoms. The van der Waals surface area contributed by atoms with Crippen molar-refractivity contribution in [3.63, 3.8) is 0 Å². The highest BCUT2D eigenvalue weighted by Crippen LogP contribution is 2.26. The second-order valence-electron chi connectivity index (χ2n) is 5.76. The lowest BCUT2D eigenvalue weighted by Gasteiger charge is -2.12. The van der Waals surface area contributed by atoms with Gasteiger partial charge in [0.25, 0.3) is 0 Å². The van der Waals surface area contributed by atoms with Gasteiger partial charge in [-0.1, -0.05) is 58.5 Å². The van der Waals surface area contributed by atoms with Crippen LogP contribution in [0.1, 0.15) is 11.1 Å². The summed E-state index contributed by atoms with van der Waals surface area (Å²) in [6, 6.07) is 11.0. The number of nitrogens with zero attached hydrogens (tertiary/aromatic N) is 2. The van der Waals surface area contributed by atoms with E-state index in [1.807, 2.05) is 31.2 Å². The van der Waals surface area contributed by atoms with Gasteiger partial charge in [0.05, 0.1) is 16.6 Å². The van der Waals surface area contributed by atoms with E-state index in [2.05, 4.69) is 15.7 Å². The summed E-state index contributed by atoms with van der Waals surface area (Å²) in [5.41, 5.74) is 2.66. The maximum absolute atomic E-state index is 6.27. The van der Waals surface area contributed by atoms with E-state index in [0.717, 1.165) is 16.8 Å². The molecular formula is C18H14Cl4N4S. The van der Waals surface area contributed by atoms with Crippen molar-refractivity contribution in [2.75, 3.05) is 10.6 Å². The van der Waals surface area contributed by atoms with Crippen LogP contribution in [0.15, 0.2) is 42.6 Å². The Morgan fingerprint density at radius 1 is 1.00 bits per heavy atom. The predicted octanol–water partition coefficient (Wildman–Crippen LogP) is 6.66. The zero-order valence-electron chi connectivity index (χ0n) is 14.1. The number of anilines is 2. The van der Waals surface area contributed by atoms with Crippen LogP contribution in [0, 0.1) is 6.92 Å². The smallest absolute Gasteiger partial charge is 0.176 e. The summed E-state index contributed by atoms with van der Waals surface area (Å²) in [7, 11) is 0. The molecule has 0 radical (unpaired) electrons. The molecule has 0 saturated carbocycles. The van der Waals surface area contributed by atoms with Gasteiger partial charge in [-0.3, -0.25) is 4.68 Å². The first kappa shape index (κ1) is 20.2. The van der Waals surface area contributed by atoms with Gasteiger partial charge in [0.1, 0.15) is 5.02 Å².